The molecule has 0 aliphatic rings. The molecule has 20 heavy (non-hydrogen) atoms. The lowest BCUT2D eigenvalue weighted by Gasteiger charge is -2.23. The summed E-state index contributed by atoms with van der Waals surface area (Å²) in [4.78, 5) is 0. The molecule has 122 valence electrons. The minimum Gasteiger partial charge on any atom is -0.389 e. The van der Waals surface area contributed by atoms with Crippen molar-refractivity contribution in [1.29, 1.82) is 0 Å². The molecule has 0 heterocycles. The first kappa shape index (κ1) is 19.8. The molecule has 5 nitrogen and oxygen atoms in total. The van der Waals surface area contributed by atoms with Gasteiger partial charge in [-0.3, -0.25) is 0 Å². The van der Waals surface area contributed by atoms with Gasteiger partial charge in [-0.1, -0.05) is 26.7 Å². The Bertz CT molecular complexity index is 212. The van der Waals surface area contributed by atoms with E-state index in [0.717, 1.165) is 32.3 Å². The van der Waals surface area contributed by atoms with Crippen molar-refractivity contribution in [1.82, 2.24) is 5.32 Å². The van der Waals surface area contributed by atoms with E-state index in [4.69, 9.17) is 9.47 Å². The van der Waals surface area contributed by atoms with Crippen molar-refractivity contribution in [2.75, 3.05) is 39.5 Å². The van der Waals surface area contributed by atoms with Gasteiger partial charge in [0, 0.05) is 19.7 Å². The first-order valence-electron chi connectivity index (χ1n) is 7.78. The number of ether oxygens (including phenoxy) is 2. The largest absolute Gasteiger partial charge is 0.389 e. The van der Waals surface area contributed by atoms with Crippen LogP contribution in [0.4, 0.5) is 0 Å². The second-order valence-electron chi connectivity index (χ2n) is 5.57. The summed E-state index contributed by atoms with van der Waals surface area (Å²) in [5.74, 6) is 0. The van der Waals surface area contributed by atoms with Crippen LogP contribution in [0.1, 0.15) is 46.5 Å². The number of nitrogens with one attached hydrogen (secondary N) is 1. The summed E-state index contributed by atoms with van der Waals surface area (Å²) in [5.41, 5.74) is -0.706. The third kappa shape index (κ3) is 12.8. The average molecular weight is 291 g/mol. The van der Waals surface area contributed by atoms with Crippen molar-refractivity contribution >= 4 is 0 Å². The molecule has 0 aromatic heterocycles. The highest BCUT2D eigenvalue weighted by Crippen LogP contribution is 2.09. The molecular weight excluding hydrogens is 258 g/mol. The molecule has 5 heteroatoms. The topological polar surface area (TPSA) is 71.0 Å². The second-order valence-corrected chi connectivity index (χ2v) is 5.57. The van der Waals surface area contributed by atoms with Gasteiger partial charge in [0.15, 0.2) is 0 Å². The Morgan fingerprint density at radius 1 is 1.10 bits per heavy atom. The molecule has 2 unspecified atom stereocenters. The van der Waals surface area contributed by atoms with Gasteiger partial charge in [0.05, 0.1) is 31.5 Å². The fourth-order valence-corrected chi connectivity index (χ4v) is 1.88. The number of unbranched alkanes of at least 4 members (excludes halogenated alkanes) is 1. The van der Waals surface area contributed by atoms with Crippen LogP contribution in [0.3, 0.4) is 0 Å². The zero-order chi connectivity index (χ0) is 15.3. The van der Waals surface area contributed by atoms with Crippen LogP contribution < -0.4 is 5.32 Å². The van der Waals surface area contributed by atoms with Gasteiger partial charge in [-0.25, -0.2) is 0 Å². The lowest BCUT2D eigenvalue weighted by atomic mass is 10.0. The maximum absolute atomic E-state index is 9.95. The van der Waals surface area contributed by atoms with E-state index in [2.05, 4.69) is 12.2 Å². The van der Waals surface area contributed by atoms with Gasteiger partial charge in [0.2, 0.25) is 0 Å². The van der Waals surface area contributed by atoms with E-state index in [1.807, 2.05) is 6.92 Å². The third-order valence-electron chi connectivity index (χ3n) is 3.00. The number of aliphatic hydroxyl groups is 2. The standard InChI is InChI=1S/C15H33NO4/c1-4-6-8-19-9-10-20-12-14(17)11-16-13-15(3,18)7-5-2/h14,16-18H,4-13H2,1-3H3. The van der Waals surface area contributed by atoms with E-state index in [-0.39, 0.29) is 0 Å². The molecule has 2 atom stereocenters. The highest BCUT2D eigenvalue weighted by molar-refractivity contribution is 4.75. The molecule has 0 amide bonds. The maximum Gasteiger partial charge on any atom is 0.0897 e. The van der Waals surface area contributed by atoms with Gasteiger partial charge in [-0.2, -0.15) is 0 Å². The summed E-state index contributed by atoms with van der Waals surface area (Å²) < 4.78 is 10.7. The number of hydrogen-bond acceptors (Lipinski definition) is 5. The van der Waals surface area contributed by atoms with E-state index in [1.54, 1.807) is 6.92 Å². The molecule has 0 spiro atoms. The Hall–Kier alpha value is -0.200. The molecular formula is C15H33NO4. The Morgan fingerprint density at radius 3 is 2.45 bits per heavy atom. The fraction of sp³-hybridized carbons (Fsp3) is 1.00. The SMILES string of the molecule is CCCCOCCOCC(O)CNCC(C)(O)CCC. The molecule has 0 fully saturated rings. The van der Waals surface area contributed by atoms with Crippen molar-refractivity contribution < 1.29 is 19.7 Å². The van der Waals surface area contributed by atoms with Crippen LogP contribution in [0.5, 0.6) is 0 Å². The van der Waals surface area contributed by atoms with Gasteiger partial charge in [0.1, 0.15) is 0 Å². The van der Waals surface area contributed by atoms with E-state index in [9.17, 15) is 10.2 Å². The van der Waals surface area contributed by atoms with Crippen LogP contribution >= 0.6 is 0 Å². The summed E-state index contributed by atoms with van der Waals surface area (Å²) >= 11 is 0. The monoisotopic (exact) mass is 291 g/mol. The summed E-state index contributed by atoms with van der Waals surface area (Å²) in [5, 5.41) is 22.7. The average Bonchev–Trinajstić information content (AvgIpc) is 2.37. The summed E-state index contributed by atoms with van der Waals surface area (Å²) in [7, 11) is 0. The molecule has 0 aromatic rings. The molecule has 0 bridgehead atoms. The molecule has 0 saturated carbocycles. The van der Waals surface area contributed by atoms with Gasteiger partial charge in [0.25, 0.3) is 0 Å². The molecule has 3 N–H and O–H groups in total. The summed E-state index contributed by atoms with van der Waals surface area (Å²) in [6, 6.07) is 0. The quantitative estimate of drug-likeness (QED) is 0.421. The Balaban J connectivity index is 3.39. The Morgan fingerprint density at radius 2 is 1.80 bits per heavy atom. The smallest absolute Gasteiger partial charge is 0.0897 e. The molecule has 0 rings (SSSR count). The van der Waals surface area contributed by atoms with Gasteiger partial charge in [-0.15, -0.1) is 0 Å². The summed E-state index contributed by atoms with van der Waals surface area (Å²) in [6.45, 7) is 9.03. The first-order chi connectivity index (χ1) is 9.52. The van der Waals surface area contributed by atoms with Gasteiger partial charge in [-0.05, 0) is 19.8 Å². The van der Waals surface area contributed by atoms with Crippen molar-refractivity contribution in [3.05, 3.63) is 0 Å². The first-order valence-corrected chi connectivity index (χ1v) is 7.78. The minimum atomic E-state index is -0.706. The van der Waals surface area contributed by atoms with Crippen LogP contribution in [-0.4, -0.2) is 61.4 Å². The fourth-order valence-electron chi connectivity index (χ4n) is 1.88. The van der Waals surface area contributed by atoms with Crippen LogP contribution in [0, 0.1) is 0 Å². The molecule has 0 radical (unpaired) electrons. The van der Waals surface area contributed by atoms with Crippen molar-refractivity contribution in [2.24, 2.45) is 0 Å². The lowest BCUT2D eigenvalue weighted by molar-refractivity contribution is 0.000151. The van der Waals surface area contributed by atoms with Crippen LogP contribution in [0.2, 0.25) is 0 Å². The minimum absolute atomic E-state index is 0.292. The van der Waals surface area contributed by atoms with Crippen LogP contribution in [0.15, 0.2) is 0 Å². The Labute approximate surface area is 123 Å². The number of rotatable bonds is 14. The van der Waals surface area contributed by atoms with Crippen molar-refractivity contribution in [3.8, 4) is 0 Å². The predicted octanol–water partition coefficient (Wildman–Crippen LogP) is 1.32. The molecule has 0 aromatic carbocycles. The molecule has 0 aliphatic carbocycles. The highest BCUT2D eigenvalue weighted by Gasteiger charge is 2.18. The third-order valence-corrected chi connectivity index (χ3v) is 3.00. The highest BCUT2D eigenvalue weighted by atomic mass is 16.5. The van der Waals surface area contributed by atoms with E-state index in [1.165, 1.54) is 0 Å². The zero-order valence-corrected chi connectivity index (χ0v) is 13.4. The zero-order valence-electron chi connectivity index (χ0n) is 13.4. The van der Waals surface area contributed by atoms with E-state index in [0.29, 0.717) is 32.9 Å². The number of aliphatic hydroxyl groups excluding tert-OH is 1. The van der Waals surface area contributed by atoms with Gasteiger partial charge < -0.3 is 25.0 Å². The molecule has 0 saturated heterocycles. The second kappa shape index (κ2) is 12.5. The van der Waals surface area contributed by atoms with Crippen molar-refractivity contribution in [3.63, 3.8) is 0 Å². The number of hydrogen-bond donors (Lipinski definition) is 3. The van der Waals surface area contributed by atoms with Crippen molar-refractivity contribution in [2.45, 2.75) is 58.2 Å². The predicted molar refractivity (Wildman–Crippen MR) is 81.0 cm³/mol. The van der Waals surface area contributed by atoms with Crippen LogP contribution in [0.25, 0.3) is 0 Å². The summed E-state index contributed by atoms with van der Waals surface area (Å²) in [6.07, 6.45) is 3.35. The van der Waals surface area contributed by atoms with E-state index >= 15 is 0 Å². The van der Waals surface area contributed by atoms with E-state index < -0.39 is 11.7 Å². The molecule has 0 aliphatic heterocycles. The normalized spacial score (nSPS) is 16.1. The Kier molecular flexibility index (Phi) is 12.4. The van der Waals surface area contributed by atoms with Crippen LogP contribution in [-0.2, 0) is 9.47 Å². The lowest BCUT2D eigenvalue weighted by Crippen LogP contribution is -2.41. The van der Waals surface area contributed by atoms with Gasteiger partial charge >= 0.3 is 0 Å². The maximum atomic E-state index is 9.95.